The molecule has 1 fully saturated rings. The molecule has 2 heterocycles. The molecule has 3 N–H and O–H groups in total. The summed E-state index contributed by atoms with van der Waals surface area (Å²) in [5, 5.41) is 8.38. The molecule has 9 heteroatoms. The highest BCUT2D eigenvalue weighted by molar-refractivity contribution is 7.88. The van der Waals surface area contributed by atoms with Crippen molar-refractivity contribution >= 4 is 21.5 Å². The number of hydrogen-bond donors (Lipinski definition) is 2. The molecule has 4 rings (SSSR count). The maximum Gasteiger partial charge on any atom is 0.213 e. The molecule has 0 unspecified atom stereocenters. The van der Waals surface area contributed by atoms with Crippen LogP contribution >= 0.6 is 0 Å². The van der Waals surface area contributed by atoms with E-state index in [4.69, 9.17) is 5.14 Å². The van der Waals surface area contributed by atoms with Crippen LogP contribution in [0, 0.1) is 0 Å². The van der Waals surface area contributed by atoms with Gasteiger partial charge in [-0.2, -0.15) is 0 Å². The molecule has 2 aromatic carbocycles. The van der Waals surface area contributed by atoms with E-state index in [1.807, 2.05) is 18.2 Å². The molecule has 0 bridgehead atoms. The molecule has 1 aliphatic heterocycles. The molecule has 32 heavy (non-hydrogen) atoms. The summed E-state index contributed by atoms with van der Waals surface area (Å²) in [5.41, 5.74) is 4.47. The van der Waals surface area contributed by atoms with Gasteiger partial charge in [-0.15, -0.1) is 0 Å². The number of nitrogens with two attached hydrogens (primary N) is 1. The molecule has 0 atom stereocenters. The SMILES string of the molecule is CN1CCN(Cc2cccc(-c3cc(Nc4cccc(CS(N)(=O)=O)c4)ncn3)c2)CC1. The summed E-state index contributed by atoms with van der Waals surface area (Å²) in [7, 11) is -1.42. The van der Waals surface area contributed by atoms with E-state index in [0.29, 0.717) is 11.4 Å². The number of nitrogens with zero attached hydrogens (tertiary/aromatic N) is 4. The number of aromatic nitrogens is 2. The maximum absolute atomic E-state index is 11.4. The summed E-state index contributed by atoms with van der Waals surface area (Å²) in [5.74, 6) is 0.421. The lowest BCUT2D eigenvalue weighted by Gasteiger charge is -2.32. The fourth-order valence-electron chi connectivity index (χ4n) is 3.80. The molecule has 1 saturated heterocycles. The maximum atomic E-state index is 11.4. The van der Waals surface area contributed by atoms with Gasteiger partial charge in [-0.1, -0.05) is 30.3 Å². The van der Waals surface area contributed by atoms with E-state index in [9.17, 15) is 8.42 Å². The number of primary sulfonamides is 1. The third-order valence-electron chi connectivity index (χ3n) is 5.46. The number of benzene rings is 2. The molecule has 0 amide bonds. The average molecular weight is 453 g/mol. The second-order valence-electron chi connectivity index (χ2n) is 8.20. The summed E-state index contributed by atoms with van der Waals surface area (Å²) in [4.78, 5) is 13.6. The van der Waals surface area contributed by atoms with Gasteiger partial charge in [-0.3, -0.25) is 4.90 Å². The van der Waals surface area contributed by atoms with Crippen LogP contribution in [0.15, 0.2) is 60.9 Å². The van der Waals surface area contributed by atoms with Gasteiger partial charge in [0.1, 0.15) is 12.1 Å². The number of sulfonamides is 1. The quantitative estimate of drug-likeness (QED) is 0.567. The highest BCUT2D eigenvalue weighted by atomic mass is 32.2. The van der Waals surface area contributed by atoms with Gasteiger partial charge in [0.15, 0.2) is 0 Å². The van der Waals surface area contributed by atoms with Gasteiger partial charge in [0.25, 0.3) is 0 Å². The zero-order valence-electron chi connectivity index (χ0n) is 18.1. The summed E-state index contributed by atoms with van der Waals surface area (Å²) in [6, 6.07) is 17.4. The van der Waals surface area contributed by atoms with E-state index in [1.165, 1.54) is 11.9 Å². The van der Waals surface area contributed by atoms with E-state index in [-0.39, 0.29) is 5.75 Å². The van der Waals surface area contributed by atoms with Gasteiger partial charge in [0.2, 0.25) is 10.0 Å². The summed E-state index contributed by atoms with van der Waals surface area (Å²) in [6.07, 6.45) is 1.53. The topological polar surface area (TPSA) is 104 Å². The van der Waals surface area contributed by atoms with E-state index < -0.39 is 10.0 Å². The first-order valence-electron chi connectivity index (χ1n) is 10.5. The Morgan fingerprint density at radius 2 is 1.72 bits per heavy atom. The van der Waals surface area contributed by atoms with Crippen molar-refractivity contribution in [1.29, 1.82) is 0 Å². The normalized spacial score (nSPS) is 15.6. The molecule has 1 aromatic heterocycles. The zero-order valence-corrected chi connectivity index (χ0v) is 18.9. The first-order chi connectivity index (χ1) is 15.3. The Kier molecular flexibility index (Phi) is 6.80. The highest BCUT2D eigenvalue weighted by Crippen LogP contribution is 2.23. The van der Waals surface area contributed by atoms with Crippen LogP contribution in [0.3, 0.4) is 0 Å². The fourth-order valence-corrected chi connectivity index (χ4v) is 4.44. The van der Waals surface area contributed by atoms with Crippen molar-refractivity contribution in [2.75, 3.05) is 38.5 Å². The van der Waals surface area contributed by atoms with Gasteiger partial charge < -0.3 is 10.2 Å². The minimum absolute atomic E-state index is 0.211. The minimum atomic E-state index is -3.59. The average Bonchev–Trinajstić information content (AvgIpc) is 2.75. The van der Waals surface area contributed by atoms with E-state index in [2.05, 4.69) is 50.3 Å². The zero-order chi connectivity index (χ0) is 22.6. The van der Waals surface area contributed by atoms with Crippen molar-refractivity contribution in [2.24, 2.45) is 5.14 Å². The van der Waals surface area contributed by atoms with E-state index in [1.54, 1.807) is 18.2 Å². The number of piperazine rings is 1. The molecule has 0 spiro atoms. The smallest absolute Gasteiger partial charge is 0.213 e. The lowest BCUT2D eigenvalue weighted by molar-refractivity contribution is 0.148. The lowest BCUT2D eigenvalue weighted by atomic mass is 10.1. The third kappa shape index (κ3) is 6.33. The predicted octanol–water partition coefficient (Wildman–Crippen LogP) is 2.42. The van der Waals surface area contributed by atoms with Crippen molar-refractivity contribution in [1.82, 2.24) is 19.8 Å². The molecule has 0 radical (unpaired) electrons. The summed E-state index contributed by atoms with van der Waals surface area (Å²) in [6.45, 7) is 5.27. The van der Waals surface area contributed by atoms with Gasteiger partial charge in [0, 0.05) is 50.0 Å². The standard InChI is InChI=1S/C23H28N6O2S/c1-28-8-10-29(11-9-28)15-18-4-2-6-20(12-18)22-14-23(26-17-25-22)27-21-7-3-5-19(13-21)16-32(24,30)31/h2-7,12-14,17H,8-11,15-16H2,1H3,(H2,24,30,31)(H,25,26,27). The summed E-state index contributed by atoms with van der Waals surface area (Å²) >= 11 is 0. The molecular formula is C23H28N6O2S. The Balaban J connectivity index is 1.48. The number of rotatable bonds is 7. The first-order valence-corrected chi connectivity index (χ1v) is 12.2. The number of nitrogens with one attached hydrogen (secondary N) is 1. The minimum Gasteiger partial charge on any atom is -0.340 e. The van der Waals surface area contributed by atoms with E-state index in [0.717, 1.165) is 49.7 Å². The second-order valence-corrected chi connectivity index (χ2v) is 9.82. The van der Waals surface area contributed by atoms with Crippen LogP contribution in [0.5, 0.6) is 0 Å². The number of hydrogen-bond acceptors (Lipinski definition) is 7. The second kappa shape index (κ2) is 9.74. The van der Waals surface area contributed by atoms with Gasteiger partial charge in [-0.05, 0) is 36.4 Å². The van der Waals surface area contributed by atoms with Gasteiger partial charge in [0.05, 0.1) is 11.4 Å². The van der Waals surface area contributed by atoms with Crippen LogP contribution < -0.4 is 10.5 Å². The summed E-state index contributed by atoms with van der Waals surface area (Å²) < 4.78 is 22.7. The largest absolute Gasteiger partial charge is 0.340 e. The van der Waals surface area contributed by atoms with Crippen molar-refractivity contribution < 1.29 is 8.42 Å². The molecule has 1 aliphatic rings. The van der Waals surface area contributed by atoms with Crippen molar-refractivity contribution in [3.8, 4) is 11.3 Å². The fraction of sp³-hybridized carbons (Fsp3) is 0.304. The molecule has 8 nitrogen and oxygen atoms in total. The van der Waals surface area contributed by atoms with Crippen molar-refractivity contribution in [3.63, 3.8) is 0 Å². The Labute approximate surface area is 189 Å². The Hall–Kier alpha value is -2.85. The first kappa shape index (κ1) is 22.3. The Morgan fingerprint density at radius 3 is 2.50 bits per heavy atom. The highest BCUT2D eigenvalue weighted by Gasteiger charge is 2.14. The van der Waals surface area contributed by atoms with Crippen LogP contribution in [0.4, 0.5) is 11.5 Å². The Morgan fingerprint density at radius 1 is 0.969 bits per heavy atom. The van der Waals surface area contributed by atoms with Crippen LogP contribution in [-0.2, 0) is 22.3 Å². The third-order valence-corrected chi connectivity index (χ3v) is 6.19. The van der Waals surface area contributed by atoms with Crippen LogP contribution in [0.2, 0.25) is 0 Å². The van der Waals surface area contributed by atoms with Crippen molar-refractivity contribution in [2.45, 2.75) is 12.3 Å². The number of anilines is 2. The molecule has 3 aromatic rings. The molecular weight excluding hydrogens is 424 g/mol. The molecule has 0 aliphatic carbocycles. The monoisotopic (exact) mass is 452 g/mol. The molecule has 0 saturated carbocycles. The van der Waals surface area contributed by atoms with E-state index >= 15 is 0 Å². The van der Waals surface area contributed by atoms with Crippen molar-refractivity contribution in [3.05, 3.63) is 72.1 Å². The Bertz CT molecular complexity index is 1180. The van der Waals surface area contributed by atoms with Gasteiger partial charge >= 0.3 is 0 Å². The molecule has 168 valence electrons. The van der Waals surface area contributed by atoms with Crippen LogP contribution in [-0.4, -0.2) is 61.4 Å². The van der Waals surface area contributed by atoms with Gasteiger partial charge in [-0.25, -0.2) is 23.5 Å². The predicted molar refractivity (Wildman–Crippen MR) is 127 cm³/mol. The number of likely N-dealkylation sites (N-methyl/N-ethyl adjacent to an activating group) is 1. The van der Waals surface area contributed by atoms with Crippen LogP contribution in [0.1, 0.15) is 11.1 Å². The van der Waals surface area contributed by atoms with Crippen LogP contribution in [0.25, 0.3) is 11.3 Å². The lowest BCUT2D eigenvalue weighted by Crippen LogP contribution is -2.43.